The zero-order chi connectivity index (χ0) is 22.3. The number of Topliss-reactive ketones (excluding diaryl/α,β-unsaturated/α-hetero) is 1. The maximum absolute atomic E-state index is 12.7. The Balaban J connectivity index is 1.32. The predicted molar refractivity (Wildman–Crippen MR) is 126 cm³/mol. The highest BCUT2D eigenvalue weighted by molar-refractivity contribution is 5.98. The molecule has 0 saturated carbocycles. The van der Waals surface area contributed by atoms with Gasteiger partial charge in [0, 0.05) is 38.0 Å². The van der Waals surface area contributed by atoms with Gasteiger partial charge in [-0.25, -0.2) is 0 Å². The molecule has 5 nitrogen and oxygen atoms in total. The number of benzene rings is 2. The summed E-state index contributed by atoms with van der Waals surface area (Å²) >= 11 is 0. The highest BCUT2D eigenvalue weighted by Gasteiger charge is 2.23. The van der Waals surface area contributed by atoms with Crippen molar-refractivity contribution in [2.75, 3.05) is 32.8 Å². The lowest BCUT2D eigenvalue weighted by Crippen LogP contribution is -2.43. The first kappa shape index (κ1) is 22.7. The number of nitrogens with zero attached hydrogens (tertiary/aromatic N) is 1. The Bertz CT molecular complexity index is 950. The highest BCUT2D eigenvalue weighted by Crippen LogP contribution is 2.24. The first-order chi connectivity index (χ1) is 15.6. The summed E-state index contributed by atoms with van der Waals surface area (Å²) in [5.41, 5.74) is 5.83. The SMILES string of the molecule is Cc1cccc(C(CNC(=O)CCC(=O)c2ccc3c(c2)CCCC3)N2CCOCC2)c1. The van der Waals surface area contributed by atoms with E-state index in [2.05, 4.69) is 47.5 Å². The minimum Gasteiger partial charge on any atom is -0.379 e. The summed E-state index contributed by atoms with van der Waals surface area (Å²) in [7, 11) is 0. The van der Waals surface area contributed by atoms with Gasteiger partial charge < -0.3 is 10.1 Å². The molecule has 1 aliphatic carbocycles. The van der Waals surface area contributed by atoms with Gasteiger partial charge in [0.15, 0.2) is 5.78 Å². The van der Waals surface area contributed by atoms with Crippen LogP contribution in [0, 0.1) is 6.92 Å². The van der Waals surface area contributed by atoms with Crippen LogP contribution in [0.5, 0.6) is 0 Å². The van der Waals surface area contributed by atoms with E-state index < -0.39 is 0 Å². The summed E-state index contributed by atoms with van der Waals surface area (Å²) in [6, 6.07) is 14.6. The third-order valence-electron chi connectivity index (χ3n) is 6.66. The second-order valence-corrected chi connectivity index (χ2v) is 9.00. The Kier molecular flexibility index (Phi) is 7.72. The van der Waals surface area contributed by atoms with Crippen molar-refractivity contribution in [2.45, 2.75) is 51.5 Å². The highest BCUT2D eigenvalue weighted by atomic mass is 16.5. The van der Waals surface area contributed by atoms with Gasteiger partial charge in [-0.2, -0.15) is 0 Å². The number of amides is 1. The number of carbonyl (C=O) groups is 2. The maximum Gasteiger partial charge on any atom is 0.220 e. The van der Waals surface area contributed by atoms with E-state index in [9.17, 15) is 9.59 Å². The molecule has 4 rings (SSSR count). The fraction of sp³-hybridized carbons (Fsp3) is 0.481. The zero-order valence-corrected chi connectivity index (χ0v) is 19.1. The van der Waals surface area contributed by atoms with Crippen LogP contribution >= 0.6 is 0 Å². The fourth-order valence-electron chi connectivity index (χ4n) is 4.80. The van der Waals surface area contributed by atoms with E-state index in [4.69, 9.17) is 4.74 Å². The lowest BCUT2D eigenvalue weighted by Gasteiger charge is -2.35. The van der Waals surface area contributed by atoms with Crippen molar-refractivity contribution in [3.8, 4) is 0 Å². The molecule has 0 spiro atoms. The Labute approximate surface area is 191 Å². The first-order valence-corrected chi connectivity index (χ1v) is 11.9. The van der Waals surface area contributed by atoms with Gasteiger partial charge in [-0.1, -0.05) is 42.0 Å². The zero-order valence-electron chi connectivity index (χ0n) is 19.1. The summed E-state index contributed by atoms with van der Waals surface area (Å²) in [6.07, 6.45) is 5.06. The average Bonchev–Trinajstić information content (AvgIpc) is 2.83. The normalized spacial score (nSPS) is 17.4. The second kappa shape index (κ2) is 10.9. The number of rotatable bonds is 8. The van der Waals surface area contributed by atoms with E-state index in [0.29, 0.717) is 19.8 Å². The van der Waals surface area contributed by atoms with Crippen molar-refractivity contribution in [2.24, 2.45) is 0 Å². The molecule has 1 saturated heterocycles. The van der Waals surface area contributed by atoms with Gasteiger partial charge in [0.25, 0.3) is 0 Å². The molecule has 5 heteroatoms. The number of aryl methyl sites for hydroxylation is 3. The molecule has 1 fully saturated rings. The molecule has 1 unspecified atom stereocenters. The number of hydrogen-bond donors (Lipinski definition) is 1. The van der Waals surface area contributed by atoms with Crippen LogP contribution in [0.15, 0.2) is 42.5 Å². The molecule has 0 bridgehead atoms. The molecule has 1 atom stereocenters. The third-order valence-corrected chi connectivity index (χ3v) is 6.66. The van der Waals surface area contributed by atoms with Gasteiger partial charge in [-0.3, -0.25) is 14.5 Å². The second-order valence-electron chi connectivity index (χ2n) is 9.00. The average molecular weight is 435 g/mol. The van der Waals surface area contributed by atoms with Gasteiger partial charge in [0.1, 0.15) is 0 Å². The number of hydrogen-bond acceptors (Lipinski definition) is 4. The molecular formula is C27H34N2O3. The maximum atomic E-state index is 12.7. The van der Waals surface area contributed by atoms with Gasteiger partial charge >= 0.3 is 0 Å². The summed E-state index contributed by atoms with van der Waals surface area (Å²) < 4.78 is 5.51. The van der Waals surface area contributed by atoms with Gasteiger partial charge in [-0.05, 0) is 55.4 Å². The number of ketones is 1. The molecule has 32 heavy (non-hydrogen) atoms. The van der Waals surface area contributed by atoms with Crippen LogP contribution < -0.4 is 5.32 Å². The molecule has 170 valence electrons. The monoisotopic (exact) mass is 434 g/mol. The van der Waals surface area contributed by atoms with Crippen LogP contribution in [0.25, 0.3) is 0 Å². The molecule has 2 aromatic carbocycles. The number of carbonyl (C=O) groups excluding carboxylic acids is 2. The molecule has 1 N–H and O–H groups in total. The number of ether oxygens (including phenoxy) is 1. The van der Waals surface area contributed by atoms with Crippen LogP contribution in [0.1, 0.15) is 64.3 Å². The van der Waals surface area contributed by atoms with Crippen molar-refractivity contribution in [3.05, 3.63) is 70.3 Å². The summed E-state index contributed by atoms with van der Waals surface area (Å²) in [5, 5.41) is 3.08. The summed E-state index contributed by atoms with van der Waals surface area (Å²) in [4.78, 5) is 27.6. The first-order valence-electron chi connectivity index (χ1n) is 11.9. The molecule has 2 aromatic rings. The van der Waals surface area contributed by atoms with Gasteiger partial charge in [0.05, 0.1) is 19.3 Å². The Morgan fingerprint density at radius 3 is 2.56 bits per heavy atom. The topological polar surface area (TPSA) is 58.6 Å². The van der Waals surface area contributed by atoms with E-state index in [1.807, 2.05) is 12.1 Å². The number of fused-ring (bicyclic) bond motifs is 1. The van der Waals surface area contributed by atoms with Gasteiger partial charge in [0.2, 0.25) is 5.91 Å². The summed E-state index contributed by atoms with van der Waals surface area (Å²) in [6.45, 7) is 5.76. The lowest BCUT2D eigenvalue weighted by atomic mass is 9.89. The largest absolute Gasteiger partial charge is 0.379 e. The number of morpholine rings is 1. The van der Waals surface area contributed by atoms with E-state index in [1.165, 1.54) is 35.1 Å². The minimum atomic E-state index is -0.0674. The van der Waals surface area contributed by atoms with Crippen molar-refractivity contribution in [1.29, 1.82) is 0 Å². The van der Waals surface area contributed by atoms with Crippen molar-refractivity contribution in [1.82, 2.24) is 10.2 Å². The Morgan fingerprint density at radius 2 is 1.78 bits per heavy atom. The molecular weight excluding hydrogens is 400 g/mol. The van der Waals surface area contributed by atoms with E-state index >= 15 is 0 Å². The molecule has 1 amide bonds. The molecule has 2 aliphatic rings. The van der Waals surface area contributed by atoms with E-state index in [1.54, 1.807) is 0 Å². The standard InChI is InChI=1S/C27H34N2O3/c1-20-5-4-8-23(17-20)25(29-13-15-32-16-14-29)19-28-27(31)12-11-26(30)24-10-9-21-6-2-3-7-22(21)18-24/h4-5,8-10,17-18,25H,2-3,6-7,11-16,19H2,1H3,(H,28,31). The van der Waals surface area contributed by atoms with Crippen molar-refractivity contribution >= 4 is 11.7 Å². The number of nitrogens with one attached hydrogen (secondary N) is 1. The Morgan fingerprint density at radius 1 is 1.00 bits per heavy atom. The lowest BCUT2D eigenvalue weighted by molar-refractivity contribution is -0.121. The van der Waals surface area contributed by atoms with Crippen molar-refractivity contribution in [3.63, 3.8) is 0 Å². The van der Waals surface area contributed by atoms with Crippen molar-refractivity contribution < 1.29 is 14.3 Å². The third kappa shape index (κ3) is 5.84. The molecule has 0 radical (unpaired) electrons. The molecule has 1 aliphatic heterocycles. The molecule has 1 heterocycles. The predicted octanol–water partition coefficient (Wildman–Crippen LogP) is 4.03. The van der Waals surface area contributed by atoms with Gasteiger partial charge in [-0.15, -0.1) is 0 Å². The fourth-order valence-corrected chi connectivity index (χ4v) is 4.80. The minimum absolute atomic E-state index is 0.0527. The quantitative estimate of drug-likeness (QED) is 0.638. The van der Waals surface area contributed by atoms with Crippen LogP contribution in [0.3, 0.4) is 0 Å². The van der Waals surface area contributed by atoms with Crippen LogP contribution in [0.2, 0.25) is 0 Å². The van der Waals surface area contributed by atoms with E-state index in [-0.39, 0.29) is 30.6 Å². The smallest absolute Gasteiger partial charge is 0.220 e. The Hall–Kier alpha value is -2.50. The van der Waals surface area contributed by atoms with Crippen LogP contribution in [-0.2, 0) is 22.4 Å². The van der Waals surface area contributed by atoms with E-state index in [0.717, 1.165) is 31.5 Å². The summed E-state index contributed by atoms with van der Waals surface area (Å²) in [5.74, 6) is -0.0147. The van der Waals surface area contributed by atoms with Crippen LogP contribution in [0.4, 0.5) is 0 Å². The van der Waals surface area contributed by atoms with Crippen LogP contribution in [-0.4, -0.2) is 49.4 Å². The molecule has 0 aromatic heterocycles.